The van der Waals surface area contributed by atoms with E-state index in [0.29, 0.717) is 28.2 Å². The number of benzene rings is 2. The van der Waals surface area contributed by atoms with Gasteiger partial charge in [-0.05, 0) is 66.4 Å². The third kappa shape index (κ3) is 5.96. The third-order valence-corrected chi connectivity index (χ3v) is 4.82. The minimum absolute atomic E-state index is 0.117. The summed E-state index contributed by atoms with van der Waals surface area (Å²) in [5.41, 5.74) is 4.59. The van der Waals surface area contributed by atoms with Gasteiger partial charge in [0, 0.05) is 10.6 Å². The number of nitrogens with zero attached hydrogens (tertiary/aromatic N) is 1. The normalized spacial score (nSPS) is 12.1. The van der Waals surface area contributed by atoms with Crippen LogP contribution in [0.4, 0.5) is 0 Å². The molecular weight excluding hydrogens is 388 g/mol. The number of hydrazone groups is 1. The molecule has 5 nitrogen and oxygen atoms in total. The second kappa shape index (κ2) is 9.94. The summed E-state index contributed by atoms with van der Waals surface area (Å²) in [7, 11) is 0. The molecule has 1 amide bonds. The van der Waals surface area contributed by atoms with Crippen molar-refractivity contribution in [2.45, 2.75) is 26.2 Å². The highest BCUT2D eigenvalue weighted by Gasteiger charge is 2.06. The van der Waals surface area contributed by atoms with Gasteiger partial charge in [0.05, 0.1) is 6.21 Å². The van der Waals surface area contributed by atoms with Gasteiger partial charge in [-0.25, -0.2) is 5.43 Å². The molecule has 6 heteroatoms. The maximum Gasteiger partial charge on any atom is 0.277 e. The molecule has 150 valence electrons. The fourth-order valence-electron chi connectivity index (χ4n) is 2.67. The summed E-state index contributed by atoms with van der Waals surface area (Å²) in [4.78, 5) is 11.9. The van der Waals surface area contributed by atoms with Gasteiger partial charge in [0.25, 0.3) is 5.91 Å². The van der Waals surface area contributed by atoms with Gasteiger partial charge < -0.3 is 9.15 Å². The van der Waals surface area contributed by atoms with Crippen molar-refractivity contribution in [2.75, 3.05) is 6.61 Å². The van der Waals surface area contributed by atoms with Crippen LogP contribution in [-0.4, -0.2) is 18.7 Å². The lowest BCUT2D eigenvalue weighted by Crippen LogP contribution is -2.24. The Labute approximate surface area is 175 Å². The molecule has 1 N–H and O–H groups in total. The number of rotatable bonds is 8. The third-order valence-electron chi connectivity index (χ3n) is 4.57. The molecule has 0 unspecified atom stereocenters. The van der Waals surface area contributed by atoms with Crippen molar-refractivity contribution in [3.8, 4) is 17.1 Å². The van der Waals surface area contributed by atoms with E-state index in [0.717, 1.165) is 12.0 Å². The highest BCUT2D eigenvalue weighted by Crippen LogP contribution is 2.23. The van der Waals surface area contributed by atoms with E-state index in [-0.39, 0.29) is 12.5 Å². The first-order valence-electron chi connectivity index (χ1n) is 9.45. The van der Waals surface area contributed by atoms with Crippen LogP contribution in [0.25, 0.3) is 11.3 Å². The Morgan fingerprint density at radius 1 is 1.14 bits per heavy atom. The number of nitrogens with one attached hydrogen (secondary N) is 1. The van der Waals surface area contributed by atoms with Gasteiger partial charge in [-0.1, -0.05) is 37.6 Å². The van der Waals surface area contributed by atoms with Crippen LogP contribution in [0.3, 0.4) is 0 Å². The molecule has 29 heavy (non-hydrogen) atoms. The van der Waals surface area contributed by atoms with Crippen LogP contribution in [0, 0.1) is 0 Å². The molecule has 1 atom stereocenters. The molecular formula is C23H23ClN2O3. The average molecular weight is 411 g/mol. The first-order valence-corrected chi connectivity index (χ1v) is 9.83. The van der Waals surface area contributed by atoms with Crippen molar-refractivity contribution >= 4 is 23.7 Å². The molecule has 1 aromatic heterocycles. The summed E-state index contributed by atoms with van der Waals surface area (Å²) in [5.74, 6) is 2.02. The van der Waals surface area contributed by atoms with Crippen LogP contribution in [-0.2, 0) is 4.79 Å². The number of halogens is 1. The first kappa shape index (κ1) is 20.7. The molecule has 1 heterocycles. The van der Waals surface area contributed by atoms with E-state index in [2.05, 4.69) is 24.4 Å². The second-order valence-corrected chi connectivity index (χ2v) is 7.11. The van der Waals surface area contributed by atoms with Crippen molar-refractivity contribution in [2.24, 2.45) is 5.10 Å². The molecule has 0 saturated heterocycles. The summed E-state index contributed by atoms with van der Waals surface area (Å²) in [6.07, 6.45) is 2.52. The van der Waals surface area contributed by atoms with E-state index < -0.39 is 0 Å². The van der Waals surface area contributed by atoms with Crippen molar-refractivity contribution in [3.05, 3.63) is 77.0 Å². The Balaban J connectivity index is 1.47. The minimum Gasteiger partial charge on any atom is -0.484 e. The quantitative estimate of drug-likeness (QED) is 0.386. The average Bonchev–Trinajstić information content (AvgIpc) is 3.21. The second-order valence-electron chi connectivity index (χ2n) is 6.67. The van der Waals surface area contributed by atoms with Crippen LogP contribution in [0.1, 0.15) is 37.5 Å². The number of amides is 1. The summed E-state index contributed by atoms with van der Waals surface area (Å²) >= 11 is 5.89. The molecule has 0 spiro atoms. The lowest BCUT2D eigenvalue weighted by Gasteiger charge is -2.10. The summed E-state index contributed by atoms with van der Waals surface area (Å²) < 4.78 is 11.2. The predicted molar refractivity (Wildman–Crippen MR) is 116 cm³/mol. The number of carbonyl (C=O) groups excluding carboxylic acids is 1. The highest BCUT2D eigenvalue weighted by molar-refractivity contribution is 6.30. The summed E-state index contributed by atoms with van der Waals surface area (Å²) in [6.45, 7) is 4.22. The maximum atomic E-state index is 11.9. The summed E-state index contributed by atoms with van der Waals surface area (Å²) in [5, 5.41) is 4.57. The standard InChI is InChI=1S/C23H23ClN2O3/c1-3-16(2)17-6-10-20(11-7-17)28-15-23(27)26-25-14-21-12-13-22(29-21)18-4-8-19(24)9-5-18/h4-14,16H,3,15H2,1-2H3,(H,26,27)/b25-14+/t16-/m1/s1. The largest absolute Gasteiger partial charge is 0.484 e. The van der Waals surface area contributed by atoms with E-state index in [1.807, 2.05) is 42.5 Å². The number of ether oxygens (including phenoxy) is 1. The first-order chi connectivity index (χ1) is 14.0. The zero-order valence-electron chi connectivity index (χ0n) is 16.4. The molecule has 3 rings (SSSR count). The molecule has 0 aliphatic carbocycles. The Morgan fingerprint density at radius 2 is 1.86 bits per heavy atom. The van der Waals surface area contributed by atoms with Gasteiger partial charge in [0.1, 0.15) is 17.3 Å². The van der Waals surface area contributed by atoms with Crippen LogP contribution in [0.5, 0.6) is 5.75 Å². The van der Waals surface area contributed by atoms with E-state index in [1.54, 1.807) is 18.2 Å². The topological polar surface area (TPSA) is 63.8 Å². The lowest BCUT2D eigenvalue weighted by molar-refractivity contribution is -0.123. The van der Waals surface area contributed by atoms with Gasteiger partial charge in [0.2, 0.25) is 0 Å². The van der Waals surface area contributed by atoms with E-state index in [1.165, 1.54) is 11.8 Å². The van der Waals surface area contributed by atoms with Gasteiger partial charge >= 0.3 is 0 Å². The molecule has 0 radical (unpaired) electrons. The summed E-state index contributed by atoms with van der Waals surface area (Å²) in [6, 6.07) is 18.7. The van der Waals surface area contributed by atoms with E-state index >= 15 is 0 Å². The van der Waals surface area contributed by atoms with Crippen molar-refractivity contribution in [1.29, 1.82) is 0 Å². The van der Waals surface area contributed by atoms with Gasteiger partial charge in [0.15, 0.2) is 6.61 Å². The number of furan rings is 1. The van der Waals surface area contributed by atoms with Crippen LogP contribution in [0.15, 0.2) is 70.2 Å². The van der Waals surface area contributed by atoms with E-state index in [4.69, 9.17) is 20.8 Å². The minimum atomic E-state index is -0.350. The fraction of sp³-hybridized carbons (Fsp3) is 0.217. The van der Waals surface area contributed by atoms with Crippen LogP contribution >= 0.6 is 11.6 Å². The van der Waals surface area contributed by atoms with Crippen molar-refractivity contribution < 1.29 is 13.9 Å². The number of carbonyl (C=O) groups is 1. The molecule has 2 aromatic carbocycles. The zero-order valence-corrected chi connectivity index (χ0v) is 17.1. The Morgan fingerprint density at radius 3 is 2.55 bits per heavy atom. The van der Waals surface area contributed by atoms with E-state index in [9.17, 15) is 4.79 Å². The molecule has 0 bridgehead atoms. The van der Waals surface area contributed by atoms with Crippen LogP contribution < -0.4 is 10.2 Å². The van der Waals surface area contributed by atoms with Gasteiger partial charge in [-0.3, -0.25) is 4.79 Å². The SMILES string of the molecule is CC[C@@H](C)c1ccc(OCC(=O)N/N=C/c2ccc(-c3ccc(Cl)cc3)o2)cc1. The van der Waals surface area contributed by atoms with Gasteiger partial charge in [-0.15, -0.1) is 0 Å². The molecule has 0 fully saturated rings. The monoisotopic (exact) mass is 410 g/mol. The van der Waals surface area contributed by atoms with Crippen molar-refractivity contribution in [3.63, 3.8) is 0 Å². The predicted octanol–water partition coefficient (Wildman–Crippen LogP) is 5.64. The molecule has 3 aromatic rings. The molecule has 0 aliphatic rings. The maximum absolute atomic E-state index is 11.9. The number of hydrogen-bond acceptors (Lipinski definition) is 4. The van der Waals surface area contributed by atoms with Crippen LogP contribution in [0.2, 0.25) is 5.02 Å². The smallest absolute Gasteiger partial charge is 0.277 e. The zero-order chi connectivity index (χ0) is 20.6. The molecule has 0 saturated carbocycles. The number of hydrogen-bond donors (Lipinski definition) is 1. The highest BCUT2D eigenvalue weighted by atomic mass is 35.5. The fourth-order valence-corrected chi connectivity index (χ4v) is 2.79. The Hall–Kier alpha value is -3.05. The Kier molecular flexibility index (Phi) is 7.09. The Bertz CT molecular complexity index is 963. The lowest BCUT2D eigenvalue weighted by atomic mass is 9.99. The molecule has 0 aliphatic heterocycles. The van der Waals surface area contributed by atoms with Crippen molar-refractivity contribution in [1.82, 2.24) is 5.43 Å². The van der Waals surface area contributed by atoms with Gasteiger partial charge in [-0.2, -0.15) is 5.10 Å².